The summed E-state index contributed by atoms with van der Waals surface area (Å²) in [7, 11) is 0. The highest BCUT2D eigenvalue weighted by Crippen LogP contribution is 2.10. The first-order valence-electron chi connectivity index (χ1n) is 4.05. The maximum absolute atomic E-state index is 10.1. The monoisotopic (exact) mass is 156 g/mol. The van der Waals surface area contributed by atoms with E-state index in [-0.39, 0.29) is 6.42 Å². The van der Waals surface area contributed by atoms with Crippen molar-refractivity contribution >= 4 is 5.97 Å². The molecule has 2 heteroatoms. The zero-order valence-corrected chi connectivity index (χ0v) is 7.10. The van der Waals surface area contributed by atoms with Crippen LogP contribution in [0.2, 0.25) is 0 Å². The molecule has 0 saturated carbocycles. The average molecular weight is 156 g/mol. The van der Waals surface area contributed by atoms with Gasteiger partial charge in [0.15, 0.2) is 0 Å². The number of hydrogen-bond acceptors (Lipinski definition) is 1. The summed E-state index contributed by atoms with van der Waals surface area (Å²) in [6, 6.07) is 0. The molecule has 0 aliphatic carbocycles. The zero-order valence-electron chi connectivity index (χ0n) is 7.10. The van der Waals surface area contributed by atoms with Gasteiger partial charge in [0, 0.05) is 6.42 Å². The van der Waals surface area contributed by atoms with Crippen LogP contribution in [0.15, 0.2) is 12.2 Å². The Hall–Kier alpha value is -0.790. The molecule has 0 aromatic rings. The molecule has 0 amide bonds. The van der Waals surface area contributed by atoms with Crippen molar-refractivity contribution in [1.82, 2.24) is 0 Å². The largest absolute Gasteiger partial charge is 0.481 e. The van der Waals surface area contributed by atoms with E-state index in [0.717, 1.165) is 25.7 Å². The zero-order chi connectivity index (χ0) is 8.69. The Morgan fingerprint density at radius 1 is 1.36 bits per heavy atom. The molecule has 11 heavy (non-hydrogen) atoms. The number of aliphatic carboxylic acids is 1. The molecule has 0 heterocycles. The third kappa shape index (κ3) is 7.10. The Labute approximate surface area is 67.9 Å². The van der Waals surface area contributed by atoms with E-state index in [4.69, 9.17) is 5.11 Å². The number of allylic oxidation sites excluding steroid dienone is 1. The van der Waals surface area contributed by atoms with E-state index in [1.54, 1.807) is 0 Å². The first-order chi connectivity index (χ1) is 5.16. The third-order valence-corrected chi connectivity index (χ3v) is 1.52. The van der Waals surface area contributed by atoms with Crippen molar-refractivity contribution in [2.75, 3.05) is 0 Å². The normalized spacial score (nSPS) is 9.55. The maximum atomic E-state index is 10.1. The fourth-order valence-electron chi connectivity index (χ4n) is 0.968. The topological polar surface area (TPSA) is 37.3 Å². The fraction of sp³-hybridized carbons (Fsp3) is 0.667. The molecule has 64 valence electrons. The van der Waals surface area contributed by atoms with Gasteiger partial charge >= 0.3 is 5.97 Å². The lowest BCUT2D eigenvalue weighted by Gasteiger charge is -2.00. The van der Waals surface area contributed by atoms with E-state index in [1.807, 2.05) is 0 Å². The van der Waals surface area contributed by atoms with Crippen molar-refractivity contribution in [1.29, 1.82) is 0 Å². The van der Waals surface area contributed by atoms with Gasteiger partial charge in [0.05, 0.1) is 0 Å². The van der Waals surface area contributed by atoms with Gasteiger partial charge in [-0.1, -0.05) is 25.5 Å². The summed E-state index contributed by atoms with van der Waals surface area (Å²) in [4.78, 5) is 10.1. The summed E-state index contributed by atoms with van der Waals surface area (Å²) in [6.07, 6.45) is 3.99. The Kier molecular flexibility index (Phi) is 5.53. The lowest BCUT2D eigenvalue weighted by Crippen LogP contribution is -1.94. The van der Waals surface area contributed by atoms with Crippen LogP contribution in [0.1, 0.15) is 39.0 Å². The van der Waals surface area contributed by atoms with Crippen LogP contribution < -0.4 is 0 Å². The molecule has 0 aromatic heterocycles. The summed E-state index contributed by atoms with van der Waals surface area (Å²) in [5, 5.41) is 8.33. The van der Waals surface area contributed by atoms with E-state index in [0.29, 0.717) is 0 Å². The lowest BCUT2D eigenvalue weighted by molar-refractivity contribution is -0.137. The number of rotatable bonds is 6. The van der Waals surface area contributed by atoms with Gasteiger partial charge in [0.2, 0.25) is 0 Å². The van der Waals surface area contributed by atoms with Crippen LogP contribution in [0.4, 0.5) is 0 Å². The van der Waals surface area contributed by atoms with E-state index >= 15 is 0 Å². The second-order valence-electron chi connectivity index (χ2n) is 2.75. The molecular formula is C9H16O2. The summed E-state index contributed by atoms with van der Waals surface area (Å²) in [5.41, 5.74) is 1.17. The second kappa shape index (κ2) is 5.96. The summed E-state index contributed by atoms with van der Waals surface area (Å²) in [5.74, 6) is -0.714. The molecule has 0 aliphatic heterocycles. The standard InChI is InChI=1S/C9H16O2/c1-3-5-8(2)6-4-7-9(10)11/h2-7H2,1H3,(H,10,11). The minimum Gasteiger partial charge on any atom is -0.481 e. The first kappa shape index (κ1) is 10.2. The maximum Gasteiger partial charge on any atom is 0.303 e. The van der Waals surface area contributed by atoms with Gasteiger partial charge in [-0.15, -0.1) is 0 Å². The van der Waals surface area contributed by atoms with Crippen molar-refractivity contribution in [3.05, 3.63) is 12.2 Å². The quantitative estimate of drug-likeness (QED) is 0.600. The molecular weight excluding hydrogens is 140 g/mol. The van der Waals surface area contributed by atoms with Crippen LogP contribution in [0.5, 0.6) is 0 Å². The Morgan fingerprint density at radius 3 is 2.45 bits per heavy atom. The highest BCUT2D eigenvalue weighted by molar-refractivity contribution is 5.66. The first-order valence-corrected chi connectivity index (χ1v) is 4.05. The molecule has 0 rings (SSSR count). The third-order valence-electron chi connectivity index (χ3n) is 1.52. The van der Waals surface area contributed by atoms with Crippen LogP contribution in [0, 0.1) is 0 Å². The summed E-state index contributed by atoms with van der Waals surface area (Å²) >= 11 is 0. The highest BCUT2D eigenvalue weighted by atomic mass is 16.4. The molecule has 0 unspecified atom stereocenters. The SMILES string of the molecule is C=C(CCC)CCCC(=O)O. The molecule has 0 bridgehead atoms. The van der Waals surface area contributed by atoms with Gasteiger partial charge in [-0.2, -0.15) is 0 Å². The van der Waals surface area contributed by atoms with E-state index in [9.17, 15) is 4.79 Å². The predicted molar refractivity (Wildman–Crippen MR) is 45.5 cm³/mol. The van der Waals surface area contributed by atoms with Gasteiger partial charge < -0.3 is 5.11 Å². The minimum atomic E-state index is -0.714. The van der Waals surface area contributed by atoms with Gasteiger partial charge in [-0.3, -0.25) is 4.79 Å². The van der Waals surface area contributed by atoms with Gasteiger partial charge in [0.25, 0.3) is 0 Å². The van der Waals surface area contributed by atoms with Crippen molar-refractivity contribution < 1.29 is 9.90 Å². The molecule has 0 aliphatic rings. The summed E-state index contributed by atoms with van der Waals surface area (Å²) < 4.78 is 0. The Balaban J connectivity index is 3.24. The molecule has 0 spiro atoms. The van der Waals surface area contributed by atoms with E-state index in [1.165, 1.54) is 5.57 Å². The molecule has 0 aromatic carbocycles. The number of carboxylic acids is 1. The fourth-order valence-corrected chi connectivity index (χ4v) is 0.968. The molecule has 0 saturated heterocycles. The minimum absolute atomic E-state index is 0.267. The molecule has 1 N–H and O–H groups in total. The van der Waals surface area contributed by atoms with E-state index < -0.39 is 5.97 Å². The van der Waals surface area contributed by atoms with Crippen molar-refractivity contribution in [3.8, 4) is 0 Å². The summed E-state index contributed by atoms with van der Waals surface area (Å²) in [6.45, 7) is 5.95. The number of hydrogen-bond donors (Lipinski definition) is 1. The smallest absolute Gasteiger partial charge is 0.303 e. The Bertz CT molecular complexity index is 138. The lowest BCUT2D eigenvalue weighted by atomic mass is 10.1. The van der Waals surface area contributed by atoms with Crippen LogP contribution in [0.3, 0.4) is 0 Å². The van der Waals surface area contributed by atoms with Gasteiger partial charge in [-0.05, 0) is 19.3 Å². The van der Waals surface area contributed by atoms with Crippen LogP contribution in [-0.2, 0) is 4.79 Å². The van der Waals surface area contributed by atoms with Gasteiger partial charge in [0.1, 0.15) is 0 Å². The second-order valence-corrected chi connectivity index (χ2v) is 2.75. The number of carboxylic acid groups (broad SMARTS) is 1. The molecule has 0 radical (unpaired) electrons. The number of carbonyl (C=O) groups is 1. The molecule has 0 fully saturated rings. The molecule has 0 atom stereocenters. The Morgan fingerprint density at radius 2 is 2.00 bits per heavy atom. The average Bonchev–Trinajstić information content (AvgIpc) is 1.87. The van der Waals surface area contributed by atoms with Crippen LogP contribution >= 0.6 is 0 Å². The van der Waals surface area contributed by atoms with Gasteiger partial charge in [-0.25, -0.2) is 0 Å². The predicted octanol–water partition coefficient (Wildman–Crippen LogP) is 2.60. The van der Waals surface area contributed by atoms with Crippen molar-refractivity contribution in [2.45, 2.75) is 39.0 Å². The van der Waals surface area contributed by atoms with Crippen LogP contribution in [0.25, 0.3) is 0 Å². The van der Waals surface area contributed by atoms with Crippen molar-refractivity contribution in [2.24, 2.45) is 0 Å². The van der Waals surface area contributed by atoms with Crippen LogP contribution in [-0.4, -0.2) is 11.1 Å². The van der Waals surface area contributed by atoms with E-state index in [2.05, 4.69) is 13.5 Å². The molecule has 2 nitrogen and oxygen atoms in total. The highest BCUT2D eigenvalue weighted by Gasteiger charge is 1.97. The van der Waals surface area contributed by atoms with Crippen molar-refractivity contribution in [3.63, 3.8) is 0 Å².